The van der Waals surface area contributed by atoms with Gasteiger partial charge in [-0.3, -0.25) is 97.4 Å². The smallest absolute Gasteiger partial charge is 0.397 e. The lowest BCUT2D eigenvalue weighted by molar-refractivity contribution is -0.0503. The van der Waals surface area contributed by atoms with Gasteiger partial charge in [-0.2, -0.15) is 19.6 Å². The second-order valence-electron chi connectivity index (χ2n) is 30.4. The van der Waals surface area contributed by atoms with E-state index in [-0.39, 0.29) is 102 Å². The molecule has 726 valence electrons. The predicted molar refractivity (Wildman–Crippen MR) is 468 cm³/mol. The van der Waals surface area contributed by atoms with Gasteiger partial charge in [0.2, 0.25) is 17.8 Å². The minimum Gasteiger partial charge on any atom is -0.397 e. The number of phosphoric acid groups is 3. The van der Waals surface area contributed by atoms with Gasteiger partial charge in [0.15, 0.2) is 93.1 Å². The molecule has 0 amide bonds. The second-order valence-corrected chi connectivity index (χ2v) is 47.2. The van der Waals surface area contributed by atoms with E-state index >= 15 is 26.3 Å². The fourth-order valence-corrected chi connectivity index (χ4v) is 27.9. The lowest BCUT2D eigenvalue weighted by Crippen LogP contribution is -2.34. The Balaban J connectivity index is 0.000000130. The highest BCUT2D eigenvalue weighted by Gasteiger charge is 2.60. The quantitative estimate of drug-likeness (QED) is 0.0644. The Morgan fingerprint density at radius 2 is 0.704 bits per heavy atom. The number of nitrogens with two attached hydrogens (primary N) is 6. The van der Waals surface area contributed by atoms with Gasteiger partial charge >= 0.3 is 43.7 Å². The van der Waals surface area contributed by atoms with E-state index in [4.69, 9.17) is 127 Å². The molecule has 30 atom stereocenters. The Labute approximate surface area is 773 Å². The number of hydrogen-bond acceptors (Lipinski definition) is 46. The Kier molecular flexibility index (Phi) is 26.0. The Bertz CT molecular complexity index is 6500. The van der Waals surface area contributed by atoms with E-state index in [9.17, 15) is 57.1 Å². The molecular weight excluding hydrogens is 2060 g/mol. The fourth-order valence-electron chi connectivity index (χ4n) is 15.8. The van der Waals surface area contributed by atoms with Gasteiger partial charge in [-0.05, 0) is 41.8 Å². The van der Waals surface area contributed by atoms with Crippen LogP contribution in [0.25, 0.3) is 67.0 Å². The van der Waals surface area contributed by atoms with Crippen LogP contribution in [0.5, 0.6) is 0 Å². The molecule has 135 heavy (non-hydrogen) atoms. The predicted octanol–water partition coefficient (Wildman–Crippen LogP) is 3.37. The van der Waals surface area contributed by atoms with Crippen molar-refractivity contribution in [3.8, 4) is 0 Å². The van der Waals surface area contributed by atoms with E-state index in [0.29, 0.717) is 0 Å². The number of nitrogens with one attached hydrogen (secondary N) is 3. The highest BCUT2D eigenvalue weighted by molar-refractivity contribution is 8.44. The van der Waals surface area contributed by atoms with Crippen molar-refractivity contribution in [3.63, 3.8) is 0 Å². The van der Waals surface area contributed by atoms with Gasteiger partial charge in [0.25, 0.3) is 16.7 Å². The highest BCUT2D eigenvalue weighted by atomic mass is 32.7. The van der Waals surface area contributed by atoms with Crippen molar-refractivity contribution < 1.29 is 138 Å². The molecule has 6 unspecified atom stereocenters. The minimum absolute atomic E-state index is 0.0222. The number of alkyl halides is 6. The summed E-state index contributed by atoms with van der Waals surface area (Å²) in [4.78, 5) is 143. The molecule has 9 saturated heterocycles. The first kappa shape index (κ1) is 95.9. The van der Waals surface area contributed by atoms with Crippen molar-refractivity contribution in [2.75, 3.05) is 74.0 Å². The SMILES string of the molecule is Nc1nc2c(ncn2[C@@H]2S[C@@H]3COP(=O)(O)O[C@H]4[C@H](F)[C@H](n5cnc6c(N)ccnc65)O[C@@H]4COP(=O)(S)O[C@@H]2[C@H]3F)c(=O)[nH]1.Nc1nc2c(ncn2[C@@H]2S[C@@H]3COP(=O)(O)O[C@H]4[C@H](F)[C@H](n5cnc6c(N)ccnc65)O[C@@H]4COP(O)(=S)O[C@@H]2[C@H]3F)c(=O)[nH]1.Nc1nc2c(ncn2[C@@H]2S[C@@H]3COP(=O)(O)O[C@H]4[C@H](F)[C@H](n5nnc6c(N)ccnc65)O[C@@H]4COP(O)(=S)O[C@@H]2[C@H]3F)c(=O)[nH]1. The number of imidazole rings is 5. The standard InChI is InChI=1S/2C21H23F2N9O9P2S2.C20H22F2N10O9P2S2/c2*22-10-9-4-37-42(34,35)40-14-8(39-19(11(14)23)31-5-27-12-7(24)1-2-26-16(12)31)3-38-43(36,44)41-15(10)20(45-9)32-6-28-13-17(32)29-21(25)30-18(13)33;21-9-8-4-37-42(34,35)40-13-7(39-18(10(13)22)32-15-11(29-30-32)6(23)1-2-25-15)3-38-43(36,44)41-14(9)19(45-8)31-5-26-12-16(31)27-20(24)28-17(12)33/h2*1-2,5-6,8-11,14-15,19-20H,3-4H2,(H2,24,26)(H,34,35)(H,36,44)(H3,25,29,30,33);1-2,5,7-10,13-14,18-19H,3-4H2,(H2,23,25)(H,34,35)(H,36,44)(H3,24,27,28,33)/t2*8-,9-,10+,11+,14-,15-,19-,20-,43?;7-,8-,9+,10+,13-,14-,18-,19-,43?/m111/s1. The number of hydrogen-bond donors (Lipinski definition) is 15. The maximum absolute atomic E-state index is 15.9. The van der Waals surface area contributed by atoms with Crippen LogP contribution >= 0.6 is 91.2 Å². The van der Waals surface area contributed by atoms with Crippen LogP contribution in [0.2, 0.25) is 0 Å². The van der Waals surface area contributed by atoms with Crippen molar-refractivity contribution in [3.05, 3.63) is 99.5 Å². The van der Waals surface area contributed by atoms with Crippen LogP contribution in [0.15, 0.2) is 82.8 Å². The van der Waals surface area contributed by atoms with Crippen LogP contribution in [0.4, 0.5) is 61.2 Å². The molecule has 0 aliphatic carbocycles. The summed E-state index contributed by atoms with van der Waals surface area (Å²) in [6, 6.07) is 4.46. The Morgan fingerprint density at radius 3 is 1.08 bits per heavy atom. The number of thiol groups is 1. The van der Waals surface area contributed by atoms with Crippen molar-refractivity contribution in [1.29, 1.82) is 0 Å². The zero-order chi connectivity index (χ0) is 95.5. The minimum atomic E-state index is -5.09. The number of phosphoric ester groups is 3. The van der Waals surface area contributed by atoms with Crippen LogP contribution in [-0.2, 0) is 110 Å². The van der Waals surface area contributed by atoms with Crippen molar-refractivity contribution in [2.45, 2.75) is 143 Å². The number of rotatable bonds is 6. The molecule has 21 heterocycles. The van der Waals surface area contributed by atoms with Gasteiger partial charge < -0.3 is 82.1 Å². The van der Waals surface area contributed by atoms with E-state index in [1.54, 1.807) is 0 Å². The molecule has 20 N–H and O–H groups in total. The number of anilines is 6. The monoisotopic (exact) mass is 2130 g/mol. The van der Waals surface area contributed by atoms with Crippen molar-refractivity contribution in [1.82, 2.24) is 108 Å². The maximum Gasteiger partial charge on any atom is 0.472 e. The summed E-state index contributed by atoms with van der Waals surface area (Å²) in [7, 11) is -15.2. The lowest BCUT2D eigenvalue weighted by Gasteiger charge is -2.27. The van der Waals surface area contributed by atoms with Crippen LogP contribution in [0.3, 0.4) is 0 Å². The highest BCUT2D eigenvalue weighted by Crippen LogP contribution is 2.64. The van der Waals surface area contributed by atoms with Gasteiger partial charge in [-0.1, -0.05) is 17.5 Å². The average Bonchev–Trinajstić information content (AvgIpc) is 1.63. The van der Waals surface area contributed by atoms with Gasteiger partial charge in [-0.15, -0.1) is 40.4 Å². The molecule has 12 aromatic heterocycles. The molecule has 0 saturated carbocycles. The summed E-state index contributed by atoms with van der Waals surface area (Å²) in [6.45, 7) is -17.5. The third-order valence-corrected chi connectivity index (χ3v) is 34.1. The van der Waals surface area contributed by atoms with E-state index in [0.717, 1.165) is 40.0 Å². The number of halogens is 6. The number of thioether (sulfide) groups is 3. The van der Waals surface area contributed by atoms with E-state index in [2.05, 4.69) is 92.3 Å². The number of fused-ring (bicyclic) bond motifs is 15. The molecular formula is C62H68F6N28O27P6S6. The fraction of sp³-hybridized carbons (Fsp3) is 0.484. The van der Waals surface area contributed by atoms with Gasteiger partial charge in [0, 0.05) is 18.6 Å². The van der Waals surface area contributed by atoms with Crippen LogP contribution in [-0.4, -0.2) is 279 Å². The molecule has 55 nitrogen and oxygen atoms in total. The molecule has 21 rings (SSSR count). The Hall–Kier alpha value is -7.96. The summed E-state index contributed by atoms with van der Waals surface area (Å²) in [6.07, 6.45) is -21.4. The number of aromatic nitrogens is 22. The number of nitrogens with zero attached hydrogens (tertiary/aromatic N) is 19. The van der Waals surface area contributed by atoms with E-state index in [1.165, 1.54) is 91.3 Å². The molecule has 9 aliphatic heterocycles. The van der Waals surface area contributed by atoms with Gasteiger partial charge in [0.1, 0.15) is 101 Å². The topological polar surface area (TPSA) is 760 Å². The maximum atomic E-state index is 15.9. The number of H-pyrrole nitrogens is 3. The third kappa shape index (κ3) is 18.7. The molecule has 9 fully saturated rings. The van der Waals surface area contributed by atoms with Crippen LogP contribution in [0, 0.1) is 0 Å². The van der Waals surface area contributed by atoms with Gasteiger partial charge in [-0.25, -0.2) is 84.5 Å². The molecule has 6 bridgehead atoms. The Morgan fingerprint density at radius 1 is 0.385 bits per heavy atom. The zero-order valence-electron chi connectivity index (χ0n) is 67.1. The van der Waals surface area contributed by atoms with Crippen molar-refractivity contribution >= 4 is 217 Å². The van der Waals surface area contributed by atoms with E-state index < -0.39 is 243 Å². The zero-order valence-corrected chi connectivity index (χ0v) is 77.4. The first-order valence-corrected chi connectivity index (χ1v) is 54.1. The summed E-state index contributed by atoms with van der Waals surface area (Å²) in [5, 5.41) is 0.800. The number of pyridine rings is 3. The first-order valence-electron chi connectivity index (χ1n) is 38.9. The normalized spacial score (nSPS) is 37.7. The largest absolute Gasteiger partial charge is 0.472 e. The number of nitrogen functional groups attached to an aromatic ring is 6. The van der Waals surface area contributed by atoms with Crippen LogP contribution in [0.1, 0.15) is 34.8 Å². The molecule has 73 heteroatoms. The molecule has 0 aromatic carbocycles. The molecule has 0 radical (unpaired) electrons. The summed E-state index contributed by atoms with van der Waals surface area (Å²) < 4.78 is 237. The average molecular weight is 2130 g/mol. The summed E-state index contributed by atoms with van der Waals surface area (Å²) >= 11 is 16.9. The lowest BCUT2D eigenvalue weighted by atomic mass is 10.1. The molecule has 12 aromatic rings. The first-order chi connectivity index (χ1) is 63.9. The molecule has 0 spiro atoms. The second kappa shape index (κ2) is 36.6. The number of aromatic amines is 3. The van der Waals surface area contributed by atoms with Crippen LogP contribution < -0.4 is 51.1 Å². The molecule has 9 aliphatic rings. The summed E-state index contributed by atoms with van der Waals surface area (Å²) in [5.74, 6) is -0.717. The van der Waals surface area contributed by atoms with E-state index in [1.807, 2.05) is 0 Å². The van der Waals surface area contributed by atoms with Crippen molar-refractivity contribution in [2.24, 2.45) is 0 Å². The summed E-state index contributed by atoms with van der Waals surface area (Å²) in [5.41, 5.74) is 34.2. The third-order valence-electron chi connectivity index (χ3n) is 21.9. The van der Waals surface area contributed by atoms with Gasteiger partial charge in [0.05, 0.1) is 104 Å². The number of ether oxygens (including phenoxy) is 3.